The summed E-state index contributed by atoms with van der Waals surface area (Å²) in [5.41, 5.74) is -1.39. The average Bonchev–Trinajstić information content (AvgIpc) is 2.82. The molecule has 38 heavy (non-hydrogen) atoms. The Morgan fingerprint density at radius 2 is 1.26 bits per heavy atom. The highest BCUT2D eigenvalue weighted by Crippen LogP contribution is 2.38. The topological polar surface area (TPSA) is 116 Å². The van der Waals surface area contributed by atoms with Gasteiger partial charge in [0.1, 0.15) is 12.2 Å². The minimum absolute atomic E-state index is 0.0682. The lowest BCUT2D eigenvalue weighted by atomic mass is 9.74. The molecule has 0 fully saturated rings. The molecule has 0 radical (unpaired) electrons. The zero-order valence-electron chi connectivity index (χ0n) is 25.4. The highest BCUT2D eigenvalue weighted by Gasteiger charge is 2.42. The van der Waals surface area contributed by atoms with Crippen molar-refractivity contribution in [1.29, 1.82) is 0 Å². The number of aliphatic hydroxyl groups is 3. The Hall–Kier alpha value is -0.620. The minimum Gasteiger partial charge on any atom is -0.396 e. The minimum atomic E-state index is -0.786. The molecule has 0 bridgehead atoms. The number of hydrogen-bond acceptors (Lipinski definition) is 9. The Kier molecular flexibility index (Phi) is 18.4. The Labute approximate surface area is 231 Å². The molecule has 3 N–H and O–H groups in total. The van der Waals surface area contributed by atoms with Crippen LogP contribution in [0.2, 0.25) is 0 Å². The summed E-state index contributed by atoms with van der Waals surface area (Å²) in [6.07, 6.45) is 2.22. The van der Waals surface area contributed by atoms with Crippen LogP contribution in [0.3, 0.4) is 0 Å². The first kappa shape index (κ1) is 37.4. The van der Waals surface area contributed by atoms with Crippen molar-refractivity contribution >= 4 is 0 Å². The van der Waals surface area contributed by atoms with Crippen molar-refractivity contribution in [3.8, 4) is 0 Å². The lowest BCUT2D eigenvalue weighted by Gasteiger charge is -2.45. The van der Waals surface area contributed by atoms with E-state index in [1.54, 1.807) is 6.08 Å². The van der Waals surface area contributed by atoms with E-state index in [1.165, 1.54) is 0 Å². The Morgan fingerprint density at radius 1 is 0.711 bits per heavy atom. The van der Waals surface area contributed by atoms with Crippen molar-refractivity contribution in [1.82, 2.24) is 0 Å². The van der Waals surface area contributed by atoms with Crippen molar-refractivity contribution in [2.45, 2.75) is 104 Å². The van der Waals surface area contributed by atoms with Crippen LogP contribution in [-0.2, 0) is 28.4 Å². The van der Waals surface area contributed by atoms with Gasteiger partial charge in [0, 0.05) is 12.0 Å². The van der Waals surface area contributed by atoms with Crippen LogP contribution >= 0.6 is 0 Å². The van der Waals surface area contributed by atoms with Gasteiger partial charge >= 0.3 is 0 Å². The van der Waals surface area contributed by atoms with E-state index in [2.05, 4.69) is 34.3 Å². The van der Waals surface area contributed by atoms with E-state index in [0.717, 1.165) is 6.42 Å². The van der Waals surface area contributed by atoms with Gasteiger partial charge in [0.15, 0.2) is 0 Å². The molecule has 0 saturated carbocycles. The molecule has 0 spiro atoms. The smallest absolute Gasteiger partial charge is 0.101 e. The number of ether oxygens (including phenoxy) is 6. The van der Waals surface area contributed by atoms with E-state index < -0.39 is 17.8 Å². The van der Waals surface area contributed by atoms with Gasteiger partial charge in [0.05, 0.1) is 76.3 Å². The van der Waals surface area contributed by atoms with Gasteiger partial charge in [0.25, 0.3) is 0 Å². The molecular formula is C29H58O9. The SMILES string of the molecule is C=CCOCC(O)COCC(O)COCCOC(C)(C)CCOC(C)(CC)C(C)(C)COC(C)(C)CCO. The number of hydrogen-bond donors (Lipinski definition) is 3. The lowest BCUT2D eigenvalue weighted by molar-refractivity contribution is -0.168. The largest absolute Gasteiger partial charge is 0.396 e. The average molecular weight is 551 g/mol. The van der Waals surface area contributed by atoms with E-state index >= 15 is 0 Å². The zero-order chi connectivity index (χ0) is 29.3. The van der Waals surface area contributed by atoms with Crippen molar-refractivity contribution in [2.24, 2.45) is 5.41 Å². The molecule has 0 rings (SSSR count). The molecule has 0 saturated heterocycles. The maximum atomic E-state index is 9.97. The van der Waals surface area contributed by atoms with Gasteiger partial charge < -0.3 is 43.7 Å². The predicted octanol–water partition coefficient (Wildman–Crippen LogP) is 3.52. The first-order chi connectivity index (χ1) is 17.6. The number of rotatable bonds is 25. The van der Waals surface area contributed by atoms with Gasteiger partial charge in [-0.05, 0) is 53.9 Å². The maximum absolute atomic E-state index is 9.97. The van der Waals surface area contributed by atoms with Gasteiger partial charge in [-0.15, -0.1) is 6.58 Å². The van der Waals surface area contributed by atoms with Crippen LogP contribution in [0, 0.1) is 5.41 Å². The molecule has 3 unspecified atom stereocenters. The summed E-state index contributed by atoms with van der Waals surface area (Å²) in [5.74, 6) is 0. The summed E-state index contributed by atoms with van der Waals surface area (Å²) in [6, 6.07) is 0. The Morgan fingerprint density at radius 3 is 1.82 bits per heavy atom. The molecule has 0 aromatic carbocycles. The summed E-state index contributed by atoms with van der Waals surface area (Å²) < 4.78 is 34.5. The second-order valence-corrected chi connectivity index (χ2v) is 11.9. The highest BCUT2D eigenvalue weighted by molar-refractivity contribution is 4.91. The first-order valence-corrected chi connectivity index (χ1v) is 13.9. The molecular weight excluding hydrogens is 492 g/mol. The molecule has 0 heterocycles. The third-order valence-electron chi connectivity index (χ3n) is 6.97. The highest BCUT2D eigenvalue weighted by atomic mass is 16.6. The fourth-order valence-corrected chi connectivity index (χ4v) is 3.56. The monoisotopic (exact) mass is 550 g/mol. The van der Waals surface area contributed by atoms with E-state index in [1.807, 2.05) is 27.7 Å². The molecule has 0 aliphatic carbocycles. The molecule has 9 nitrogen and oxygen atoms in total. The van der Waals surface area contributed by atoms with Crippen LogP contribution in [0.4, 0.5) is 0 Å². The summed E-state index contributed by atoms with van der Waals surface area (Å²) in [6.45, 7) is 22.9. The summed E-state index contributed by atoms with van der Waals surface area (Å²) >= 11 is 0. The van der Waals surface area contributed by atoms with Gasteiger partial charge in [-0.25, -0.2) is 0 Å². The normalized spacial score (nSPS) is 16.3. The van der Waals surface area contributed by atoms with Gasteiger partial charge in [0.2, 0.25) is 0 Å². The molecule has 0 aromatic heterocycles. The van der Waals surface area contributed by atoms with Crippen molar-refractivity contribution < 1.29 is 43.7 Å². The molecule has 0 aromatic rings. The van der Waals surface area contributed by atoms with Crippen molar-refractivity contribution in [3.63, 3.8) is 0 Å². The fraction of sp³-hybridized carbons (Fsp3) is 0.931. The van der Waals surface area contributed by atoms with E-state index in [4.69, 9.17) is 28.4 Å². The molecule has 3 atom stereocenters. The van der Waals surface area contributed by atoms with Crippen LogP contribution in [0.1, 0.15) is 74.7 Å². The third-order valence-corrected chi connectivity index (χ3v) is 6.97. The van der Waals surface area contributed by atoms with E-state index in [0.29, 0.717) is 45.9 Å². The first-order valence-electron chi connectivity index (χ1n) is 13.9. The second kappa shape index (κ2) is 18.7. The molecule has 228 valence electrons. The lowest BCUT2D eigenvalue weighted by Crippen LogP contribution is -2.49. The molecule has 9 heteroatoms. The third kappa shape index (κ3) is 16.5. The standard InChI is InChI=1S/C29H58O9/c1-10-15-33-19-24(31)21-35-22-25(32)20-34-17-18-36-28(7,8)13-16-37-29(9,11-2)26(3,4)23-38-27(5,6)12-14-30/h10,24-25,30-32H,1,11-23H2,2-9H3. The van der Waals surface area contributed by atoms with Gasteiger partial charge in [-0.1, -0.05) is 26.8 Å². The predicted molar refractivity (Wildman–Crippen MR) is 149 cm³/mol. The summed E-state index contributed by atoms with van der Waals surface area (Å²) in [4.78, 5) is 0. The fourth-order valence-electron chi connectivity index (χ4n) is 3.56. The van der Waals surface area contributed by atoms with Crippen LogP contribution < -0.4 is 0 Å². The summed E-state index contributed by atoms with van der Waals surface area (Å²) in [5, 5.41) is 28.9. The van der Waals surface area contributed by atoms with Crippen LogP contribution in [0.15, 0.2) is 12.7 Å². The van der Waals surface area contributed by atoms with Crippen LogP contribution in [0.5, 0.6) is 0 Å². The van der Waals surface area contributed by atoms with E-state index in [-0.39, 0.29) is 49.7 Å². The molecule has 0 aliphatic rings. The second-order valence-electron chi connectivity index (χ2n) is 11.9. The van der Waals surface area contributed by atoms with Crippen molar-refractivity contribution in [2.75, 3.05) is 66.1 Å². The van der Waals surface area contributed by atoms with Crippen LogP contribution in [-0.4, -0.2) is 110 Å². The zero-order valence-corrected chi connectivity index (χ0v) is 25.4. The van der Waals surface area contributed by atoms with E-state index in [9.17, 15) is 15.3 Å². The number of aliphatic hydroxyl groups excluding tert-OH is 3. The molecule has 0 amide bonds. The summed E-state index contributed by atoms with van der Waals surface area (Å²) in [7, 11) is 0. The maximum Gasteiger partial charge on any atom is 0.101 e. The quantitative estimate of drug-likeness (QED) is 0.116. The van der Waals surface area contributed by atoms with Crippen LogP contribution in [0.25, 0.3) is 0 Å². The van der Waals surface area contributed by atoms with Gasteiger partial charge in [-0.3, -0.25) is 0 Å². The van der Waals surface area contributed by atoms with Crippen molar-refractivity contribution in [3.05, 3.63) is 12.7 Å². The Balaban J connectivity index is 4.26. The van der Waals surface area contributed by atoms with Gasteiger partial charge in [-0.2, -0.15) is 0 Å². The Bertz CT molecular complexity index is 609. The molecule has 0 aliphatic heterocycles.